The summed E-state index contributed by atoms with van der Waals surface area (Å²) < 4.78 is 11.6. The maximum Gasteiger partial charge on any atom is 0.254 e. The summed E-state index contributed by atoms with van der Waals surface area (Å²) in [5.74, 6) is 1.25. The Morgan fingerprint density at radius 3 is 2.67 bits per heavy atom. The molecule has 1 amide bonds. The Morgan fingerprint density at radius 1 is 1.04 bits per heavy atom. The Labute approximate surface area is 161 Å². The number of nitrogens with zero attached hydrogens (tertiary/aromatic N) is 1. The van der Waals surface area contributed by atoms with Crippen LogP contribution in [0.2, 0.25) is 0 Å². The first kappa shape index (κ1) is 17.4. The summed E-state index contributed by atoms with van der Waals surface area (Å²) >= 11 is 1.47. The summed E-state index contributed by atoms with van der Waals surface area (Å²) in [7, 11) is 0. The molecule has 0 aliphatic carbocycles. The predicted octanol–water partition coefficient (Wildman–Crippen LogP) is 3.80. The third-order valence-corrected chi connectivity index (χ3v) is 5.06. The standard InChI is InChI=1S/C21H18N2O3S/c24-20(23-13-15-14-25-18-10-4-5-11-19(18)26-15)17-9-6-12-22-21(17)27-16-7-2-1-3-8-16/h1-12,15H,13-14H2,(H,23,24). The largest absolute Gasteiger partial charge is 0.486 e. The third kappa shape index (κ3) is 4.23. The molecule has 136 valence electrons. The lowest BCUT2D eigenvalue weighted by atomic mass is 10.2. The van der Waals surface area contributed by atoms with Crippen LogP contribution < -0.4 is 14.8 Å². The minimum Gasteiger partial charge on any atom is -0.486 e. The number of hydrogen-bond donors (Lipinski definition) is 1. The molecule has 2 aromatic carbocycles. The molecular formula is C21H18N2O3S. The van der Waals surface area contributed by atoms with Gasteiger partial charge in [-0.15, -0.1) is 0 Å². The lowest BCUT2D eigenvalue weighted by molar-refractivity contribution is 0.0787. The second kappa shape index (κ2) is 8.14. The van der Waals surface area contributed by atoms with Gasteiger partial charge in [-0.25, -0.2) is 4.98 Å². The van der Waals surface area contributed by atoms with Crippen LogP contribution in [0.4, 0.5) is 0 Å². The molecule has 0 saturated carbocycles. The number of hydrogen-bond acceptors (Lipinski definition) is 5. The van der Waals surface area contributed by atoms with E-state index in [1.54, 1.807) is 18.3 Å². The zero-order valence-electron chi connectivity index (χ0n) is 14.5. The second-order valence-electron chi connectivity index (χ2n) is 5.98. The number of pyridine rings is 1. The average molecular weight is 378 g/mol. The highest BCUT2D eigenvalue weighted by molar-refractivity contribution is 7.99. The Bertz CT molecular complexity index is 933. The summed E-state index contributed by atoms with van der Waals surface area (Å²) in [5.41, 5.74) is 0.545. The number of para-hydroxylation sites is 2. The van der Waals surface area contributed by atoms with E-state index in [1.165, 1.54) is 11.8 Å². The fourth-order valence-electron chi connectivity index (χ4n) is 2.71. The van der Waals surface area contributed by atoms with Crippen LogP contribution in [0.3, 0.4) is 0 Å². The minimum absolute atomic E-state index is 0.177. The highest BCUT2D eigenvalue weighted by atomic mass is 32.2. The van der Waals surface area contributed by atoms with E-state index in [0.717, 1.165) is 10.6 Å². The van der Waals surface area contributed by atoms with Gasteiger partial charge < -0.3 is 14.8 Å². The van der Waals surface area contributed by atoms with Crippen molar-refractivity contribution in [3.63, 3.8) is 0 Å². The van der Waals surface area contributed by atoms with Gasteiger partial charge in [0, 0.05) is 11.1 Å². The van der Waals surface area contributed by atoms with Gasteiger partial charge in [-0.2, -0.15) is 0 Å². The van der Waals surface area contributed by atoms with Crippen LogP contribution in [0, 0.1) is 0 Å². The first-order valence-corrected chi connectivity index (χ1v) is 9.46. The molecule has 5 nitrogen and oxygen atoms in total. The van der Waals surface area contributed by atoms with E-state index < -0.39 is 0 Å². The highest BCUT2D eigenvalue weighted by Gasteiger charge is 2.22. The van der Waals surface area contributed by atoms with Gasteiger partial charge in [0.25, 0.3) is 5.91 Å². The van der Waals surface area contributed by atoms with E-state index in [-0.39, 0.29) is 12.0 Å². The van der Waals surface area contributed by atoms with E-state index >= 15 is 0 Å². The molecule has 1 aliphatic rings. The van der Waals surface area contributed by atoms with Crippen molar-refractivity contribution in [3.8, 4) is 11.5 Å². The number of amides is 1. The molecule has 2 heterocycles. The van der Waals surface area contributed by atoms with Gasteiger partial charge in [0.1, 0.15) is 17.7 Å². The van der Waals surface area contributed by atoms with Gasteiger partial charge in [-0.1, -0.05) is 42.1 Å². The molecule has 1 aromatic heterocycles. The van der Waals surface area contributed by atoms with Crippen molar-refractivity contribution < 1.29 is 14.3 Å². The monoisotopic (exact) mass is 378 g/mol. The summed E-state index contributed by atoms with van der Waals surface area (Å²) in [6, 6.07) is 20.9. The molecule has 6 heteroatoms. The SMILES string of the molecule is O=C(NCC1COc2ccccc2O1)c1cccnc1Sc1ccccc1. The minimum atomic E-state index is -0.231. The molecule has 1 unspecified atom stereocenters. The van der Waals surface area contributed by atoms with E-state index in [0.29, 0.717) is 29.5 Å². The molecule has 1 aliphatic heterocycles. The fraction of sp³-hybridized carbons (Fsp3) is 0.143. The summed E-state index contributed by atoms with van der Waals surface area (Å²) in [5, 5.41) is 3.60. The molecule has 0 saturated heterocycles. The molecule has 3 aromatic rings. The van der Waals surface area contributed by atoms with E-state index in [9.17, 15) is 4.79 Å². The van der Waals surface area contributed by atoms with Crippen molar-refractivity contribution in [2.75, 3.05) is 13.2 Å². The first-order chi connectivity index (χ1) is 13.3. The normalized spacial score (nSPS) is 15.2. The van der Waals surface area contributed by atoms with E-state index in [2.05, 4.69) is 10.3 Å². The van der Waals surface area contributed by atoms with Crippen LogP contribution in [0.15, 0.2) is 82.8 Å². The first-order valence-electron chi connectivity index (χ1n) is 8.64. The lowest BCUT2D eigenvalue weighted by Gasteiger charge is -2.26. The number of rotatable bonds is 5. The van der Waals surface area contributed by atoms with Crippen molar-refractivity contribution in [2.24, 2.45) is 0 Å². The predicted molar refractivity (Wildman–Crippen MR) is 103 cm³/mol. The van der Waals surface area contributed by atoms with Crippen molar-refractivity contribution in [1.29, 1.82) is 0 Å². The Balaban J connectivity index is 1.40. The molecule has 4 rings (SSSR count). The molecule has 0 fully saturated rings. The van der Waals surface area contributed by atoms with Crippen LogP contribution in [-0.4, -0.2) is 30.1 Å². The Hall–Kier alpha value is -2.99. The summed E-state index contributed by atoms with van der Waals surface area (Å²) in [6.45, 7) is 0.757. The zero-order valence-corrected chi connectivity index (χ0v) is 15.3. The number of fused-ring (bicyclic) bond motifs is 1. The highest BCUT2D eigenvalue weighted by Crippen LogP contribution is 2.31. The number of aromatic nitrogens is 1. The van der Waals surface area contributed by atoms with Gasteiger partial charge in [0.15, 0.2) is 11.5 Å². The van der Waals surface area contributed by atoms with E-state index in [4.69, 9.17) is 9.47 Å². The number of nitrogens with one attached hydrogen (secondary N) is 1. The van der Waals surface area contributed by atoms with Gasteiger partial charge in [0.2, 0.25) is 0 Å². The molecule has 0 radical (unpaired) electrons. The van der Waals surface area contributed by atoms with Crippen LogP contribution in [0.1, 0.15) is 10.4 Å². The van der Waals surface area contributed by atoms with Crippen molar-refractivity contribution in [2.45, 2.75) is 16.0 Å². The maximum absolute atomic E-state index is 12.7. The zero-order chi connectivity index (χ0) is 18.5. The van der Waals surface area contributed by atoms with Crippen LogP contribution >= 0.6 is 11.8 Å². The summed E-state index contributed by atoms with van der Waals surface area (Å²) in [4.78, 5) is 18.1. The number of ether oxygens (including phenoxy) is 2. The molecular weight excluding hydrogens is 360 g/mol. The van der Waals surface area contributed by atoms with Crippen LogP contribution in [0.5, 0.6) is 11.5 Å². The van der Waals surface area contributed by atoms with Crippen LogP contribution in [-0.2, 0) is 0 Å². The maximum atomic E-state index is 12.7. The van der Waals surface area contributed by atoms with Crippen molar-refractivity contribution in [3.05, 3.63) is 78.5 Å². The number of carbonyl (C=O) groups is 1. The van der Waals surface area contributed by atoms with Crippen LogP contribution in [0.25, 0.3) is 0 Å². The summed E-state index contributed by atoms with van der Waals surface area (Å²) in [6.07, 6.45) is 1.46. The number of benzene rings is 2. The van der Waals surface area contributed by atoms with Gasteiger partial charge in [0.05, 0.1) is 12.1 Å². The fourth-order valence-corrected chi connectivity index (χ4v) is 3.61. The van der Waals surface area contributed by atoms with E-state index in [1.807, 2.05) is 54.6 Å². The number of carbonyl (C=O) groups excluding carboxylic acids is 1. The smallest absolute Gasteiger partial charge is 0.254 e. The van der Waals surface area contributed by atoms with Gasteiger partial charge >= 0.3 is 0 Å². The quantitative estimate of drug-likeness (QED) is 0.732. The molecule has 0 bridgehead atoms. The molecule has 1 atom stereocenters. The second-order valence-corrected chi connectivity index (χ2v) is 7.04. The average Bonchev–Trinajstić information content (AvgIpc) is 2.73. The van der Waals surface area contributed by atoms with Gasteiger partial charge in [-0.3, -0.25) is 4.79 Å². The van der Waals surface area contributed by atoms with Crippen molar-refractivity contribution in [1.82, 2.24) is 10.3 Å². The van der Waals surface area contributed by atoms with Gasteiger partial charge in [-0.05, 0) is 36.4 Å². The lowest BCUT2D eigenvalue weighted by Crippen LogP contribution is -2.40. The molecule has 0 spiro atoms. The molecule has 1 N–H and O–H groups in total. The Kier molecular flexibility index (Phi) is 5.25. The topological polar surface area (TPSA) is 60.5 Å². The Morgan fingerprint density at radius 2 is 1.81 bits per heavy atom. The van der Waals surface area contributed by atoms with Crippen molar-refractivity contribution >= 4 is 17.7 Å². The third-order valence-electron chi connectivity index (χ3n) is 4.03. The molecule has 27 heavy (non-hydrogen) atoms.